The Morgan fingerprint density at radius 2 is 1.93 bits per heavy atom. The fourth-order valence-corrected chi connectivity index (χ4v) is 4.20. The average molecular weight is 250 g/mol. The molecule has 0 saturated heterocycles. The van der Waals surface area contributed by atoms with Crippen LogP contribution in [0.25, 0.3) is 0 Å². The second-order valence-electron chi connectivity index (χ2n) is 2.85. The summed E-state index contributed by atoms with van der Waals surface area (Å²) < 4.78 is 26.0. The maximum absolute atomic E-state index is 11.9. The Bertz CT molecular complexity index is 455. The number of hydrogen-bond donors (Lipinski definition) is 0. The molecule has 1 aliphatic heterocycles. The number of sulfonamides is 1. The molecule has 14 heavy (non-hydrogen) atoms. The Morgan fingerprint density at radius 1 is 1.29 bits per heavy atom. The quantitative estimate of drug-likeness (QED) is 0.752. The molecule has 2 rings (SSSR count). The molecule has 0 radical (unpaired) electrons. The van der Waals surface area contributed by atoms with Gasteiger partial charge in [0.1, 0.15) is 4.21 Å². The van der Waals surface area contributed by atoms with Gasteiger partial charge in [-0.15, -0.1) is 11.3 Å². The Labute approximate surface area is 91.7 Å². The summed E-state index contributed by atoms with van der Waals surface area (Å²) >= 11 is 6.78. The normalized spacial score (nSPS) is 17.8. The SMILES string of the molecule is O=S(=O)(c1ccc(Cl)s1)N1CC=CC1. The van der Waals surface area contributed by atoms with E-state index >= 15 is 0 Å². The van der Waals surface area contributed by atoms with Crippen LogP contribution < -0.4 is 0 Å². The zero-order valence-electron chi connectivity index (χ0n) is 7.18. The maximum atomic E-state index is 11.9. The van der Waals surface area contributed by atoms with E-state index in [1.165, 1.54) is 4.31 Å². The molecule has 3 nitrogen and oxygen atoms in total. The number of hydrogen-bond acceptors (Lipinski definition) is 3. The molecule has 0 aromatic carbocycles. The van der Waals surface area contributed by atoms with E-state index in [1.54, 1.807) is 12.1 Å². The second-order valence-corrected chi connectivity index (χ2v) is 6.73. The topological polar surface area (TPSA) is 37.4 Å². The van der Waals surface area contributed by atoms with Crippen LogP contribution in [0.15, 0.2) is 28.5 Å². The largest absolute Gasteiger partial charge is 0.253 e. The van der Waals surface area contributed by atoms with Crippen LogP contribution in [0.3, 0.4) is 0 Å². The Hall–Kier alpha value is -0.360. The number of thiophene rings is 1. The molecule has 1 aromatic rings. The van der Waals surface area contributed by atoms with Gasteiger partial charge in [0.2, 0.25) is 0 Å². The highest BCUT2D eigenvalue weighted by molar-refractivity contribution is 7.91. The lowest BCUT2D eigenvalue weighted by atomic mass is 10.6. The van der Waals surface area contributed by atoms with Gasteiger partial charge in [0.15, 0.2) is 0 Å². The van der Waals surface area contributed by atoms with Gasteiger partial charge in [-0.1, -0.05) is 23.8 Å². The highest BCUT2D eigenvalue weighted by atomic mass is 35.5. The minimum Gasteiger partial charge on any atom is -0.206 e. The van der Waals surface area contributed by atoms with E-state index in [0.29, 0.717) is 21.6 Å². The Morgan fingerprint density at radius 3 is 2.43 bits per heavy atom. The van der Waals surface area contributed by atoms with Gasteiger partial charge >= 0.3 is 0 Å². The van der Waals surface area contributed by atoms with E-state index in [1.807, 2.05) is 12.2 Å². The minimum absolute atomic E-state index is 0.311. The van der Waals surface area contributed by atoms with Crippen molar-refractivity contribution >= 4 is 33.0 Å². The molecule has 0 spiro atoms. The minimum atomic E-state index is -3.31. The lowest BCUT2D eigenvalue weighted by Crippen LogP contribution is -2.27. The first-order valence-corrected chi connectivity index (χ1v) is 6.64. The molecular weight excluding hydrogens is 242 g/mol. The maximum Gasteiger partial charge on any atom is 0.253 e. The highest BCUT2D eigenvalue weighted by Gasteiger charge is 2.26. The van der Waals surface area contributed by atoms with Gasteiger partial charge in [-0.2, -0.15) is 4.31 Å². The lowest BCUT2D eigenvalue weighted by Gasteiger charge is -2.13. The third-order valence-electron chi connectivity index (χ3n) is 1.93. The molecule has 1 aliphatic rings. The zero-order chi connectivity index (χ0) is 10.2. The molecule has 0 saturated carbocycles. The van der Waals surface area contributed by atoms with Crippen LogP contribution in [0.2, 0.25) is 4.34 Å². The molecule has 6 heteroatoms. The van der Waals surface area contributed by atoms with Crippen LogP contribution in [-0.4, -0.2) is 25.8 Å². The lowest BCUT2D eigenvalue weighted by molar-refractivity contribution is 0.490. The van der Waals surface area contributed by atoms with E-state index in [-0.39, 0.29) is 0 Å². The van der Waals surface area contributed by atoms with Gasteiger partial charge in [-0.05, 0) is 12.1 Å². The van der Waals surface area contributed by atoms with Gasteiger partial charge in [0, 0.05) is 13.1 Å². The summed E-state index contributed by atoms with van der Waals surface area (Å²) in [6.07, 6.45) is 3.68. The summed E-state index contributed by atoms with van der Waals surface area (Å²) in [4.78, 5) is 0. The van der Waals surface area contributed by atoms with Gasteiger partial charge in [0.25, 0.3) is 10.0 Å². The first-order valence-electron chi connectivity index (χ1n) is 4.01. The van der Waals surface area contributed by atoms with Crippen molar-refractivity contribution in [1.29, 1.82) is 0 Å². The number of nitrogens with zero attached hydrogens (tertiary/aromatic N) is 1. The standard InChI is InChI=1S/C8H8ClNO2S2/c9-7-3-4-8(13-7)14(11,12)10-5-1-2-6-10/h1-4H,5-6H2. The smallest absolute Gasteiger partial charge is 0.206 e. The van der Waals surface area contributed by atoms with Gasteiger partial charge in [-0.25, -0.2) is 8.42 Å². The van der Waals surface area contributed by atoms with Crippen molar-refractivity contribution in [2.75, 3.05) is 13.1 Å². The van der Waals surface area contributed by atoms with Crippen molar-refractivity contribution in [3.8, 4) is 0 Å². The van der Waals surface area contributed by atoms with Crippen LogP contribution >= 0.6 is 22.9 Å². The first-order chi connectivity index (χ1) is 6.60. The van der Waals surface area contributed by atoms with Crippen LogP contribution in [0.1, 0.15) is 0 Å². The van der Waals surface area contributed by atoms with Crippen LogP contribution in [-0.2, 0) is 10.0 Å². The van der Waals surface area contributed by atoms with E-state index < -0.39 is 10.0 Å². The van der Waals surface area contributed by atoms with Crippen molar-refractivity contribution in [3.63, 3.8) is 0 Å². The Kier molecular flexibility index (Phi) is 2.66. The second kappa shape index (κ2) is 3.66. The van der Waals surface area contributed by atoms with Crippen molar-refractivity contribution in [3.05, 3.63) is 28.6 Å². The predicted octanol–water partition coefficient (Wildman–Crippen LogP) is 1.96. The third kappa shape index (κ3) is 1.72. The Balaban J connectivity index is 2.33. The summed E-state index contributed by atoms with van der Waals surface area (Å²) in [5.41, 5.74) is 0. The zero-order valence-corrected chi connectivity index (χ0v) is 9.57. The summed E-state index contributed by atoms with van der Waals surface area (Å²) in [5, 5.41) is 0. The van der Waals surface area contributed by atoms with Gasteiger partial charge in [0.05, 0.1) is 4.34 Å². The molecule has 0 bridgehead atoms. The first kappa shape index (κ1) is 10.2. The highest BCUT2D eigenvalue weighted by Crippen LogP contribution is 2.28. The van der Waals surface area contributed by atoms with Crippen molar-refractivity contribution in [1.82, 2.24) is 4.31 Å². The molecule has 0 atom stereocenters. The molecule has 2 heterocycles. The number of halogens is 1. The molecule has 0 unspecified atom stereocenters. The third-order valence-corrected chi connectivity index (χ3v) is 5.46. The fraction of sp³-hybridized carbons (Fsp3) is 0.250. The fourth-order valence-electron chi connectivity index (χ4n) is 1.22. The van der Waals surface area contributed by atoms with Crippen molar-refractivity contribution in [2.24, 2.45) is 0 Å². The van der Waals surface area contributed by atoms with E-state index in [9.17, 15) is 8.42 Å². The monoisotopic (exact) mass is 249 g/mol. The summed E-state index contributed by atoms with van der Waals surface area (Å²) in [6, 6.07) is 3.14. The summed E-state index contributed by atoms with van der Waals surface area (Å²) in [7, 11) is -3.31. The molecule has 76 valence electrons. The van der Waals surface area contributed by atoms with Crippen LogP contribution in [0.5, 0.6) is 0 Å². The average Bonchev–Trinajstić information content (AvgIpc) is 2.72. The summed E-state index contributed by atoms with van der Waals surface area (Å²) in [6.45, 7) is 0.912. The summed E-state index contributed by atoms with van der Waals surface area (Å²) in [5.74, 6) is 0. The van der Waals surface area contributed by atoms with E-state index in [2.05, 4.69) is 0 Å². The predicted molar refractivity (Wildman–Crippen MR) is 57.2 cm³/mol. The van der Waals surface area contributed by atoms with Crippen LogP contribution in [0, 0.1) is 0 Å². The van der Waals surface area contributed by atoms with Crippen molar-refractivity contribution in [2.45, 2.75) is 4.21 Å². The van der Waals surface area contributed by atoms with Gasteiger partial charge < -0.3 is 0 Å². The molecule has 0 N–H and O–H groups in total. The number of rotatable bonds is 2. The molecule has 0 amide bonds. The van der Waals surface area contributed by atoms with Crippen molar-refractivity contribution < 1.29 is 8.42 Å². The molecule has 0 fully saturated rings. The van der Waals surface area contributed by atoms with Gasteiger partial charge in [-0.3, -0.25) is 0 Å². The van der Waals surface area contributed by atoms with Crippen LogP contribution in [0.4, 0.5) is 0 Å². The molecule has 1 aromatic heterocycles. The van der Waals surface area contributed by atoms with E-state index in [0.717, 1.165) is 11.3 Å². The molecule has 0 aliphatic carbocycles. The van der Waals surface area contributed by atoms with E-state index in [4.69, 9.17) is 11.6 Å². The molecular formula is C8H8ClNO2S2.